The van der Waals surface area contributed by atoms with Crippen LogP contribution in [-0.4, -0.2) is 12.6 Å². The van der Waals surface area contributed by atoms with Gasteiger partial charge in [0.05, 0.1) is 0 Å². The third-order valence-corrected chi connectivity index (χ3v) is 4.10. The molecule has 1 aliphatic rings. The number of hydrogen-bond acceptors (Lipinski definition) is 1. The lowest BCUT2D eigenvalue weighted by Crippen LogP contribution is -2.33. The normalized spacial score (nSPS) is 16.7. The van der Waals surface area contributed by atoms with Gasteiger partial charge in [0.1, 0.15) is 0 Å². The molecule has 3 nitrogen and oxygen atoms in total. The van der Waals surface area contributed by atoms with Crippen molar-refractivity contribution in [1.29, 1.82) is 0 Å². The Bertz CT molecular complexity index is 685. The van der Waals surface area contributed by atoms with Gasteiger partial charge in [0.25, 0.3) is 0 Å². The lowest BCUT2D eigenvalue weighted by Gasteiger charge is -2.18. The monoisotopic (exact) mass is 320 g/mol. The molecule has 2 aromatic carbocycles. The van der Waals surface area contributed by atoms with Crippen LogP contribution in [0.15, 0.2) is 42.5 Å². The van der Waals surface area contributed by atoms with E-state index < -0.39 is 0 Å². The highest BCUT2D eigenvalue weighted by Crippen LogP contribution is 2.37. The third-order valence-electron chi connectivity index (χ3n) is 3.61. The highest BCUT2D eigenvalue weighted by Gasteiger charge is 2.29. The van der Waals surface area contributed by atoms with Crippen LogP contribution in [0.4, 0.5) is 16.2 Å². The molecule has 0 fully saturated rings. The summed E-state index contributed by atoms with van der Waals surface area (Å²) in [6.45, 7) is 2.74. The molecule has 0 aromatic heterocycles. The van der Waals surface area contributed by atoms with Gasteiger partial charge in [-0.1, -0.05) is 30.1 Å². The van der Waals surface area contributed by atoms with E-state index in [1.807, 2.05) is 12.1 Å². The van der Waals surface area contributed by atoms with Gasteiger partial charge < -0.3 is 5.32 Å². The summed E-state index contributed by atoms with van der Waals surface area (Å²) in [7, 11) is 0. The Morgan fingerprint density at radius 3 is 2.52 bits per heavy atom. The summed E-state index contributed by atoms with van der Waals surface area (Å²) in [4.78, 5) is 14.2. The van der Waals surface area contributed by atoms with Gasteiger partial charge in [-0.3, -0.25) is 4.90 Å². The van der Waals surface area contributed by atoms with Crippen LogP contribution in [-0.2, 0) is 0 Å². The van der Waals surface area contributed by atoms with Crippen molar-refractivity contribution in [2.45, 2.75) is 12.8 Å². The van der Waals surface area contributed by atoms with E-state index in [4.69, 9.17) is 23.2 Å². The van der Waals surface area contributed by atoms with Crippen molar-refractivity contribution in [2.75, 3.05) is 16.8 Å². The Hall–Kier alpha value is -1.71. The smallest absolute Gasteiger partial charge is 0.308 e. The molecule has 108 valence electrons. The maximum atomic E-state index is 12.4. The van der Waals surface area contributed by atoms with Gasteiger partial charge in [-0.2, -0.15) is 0 Å². The number of anilines is 2. The van der Waals surface area contributed by atoms with Crippen molar-refractivity contribution < 1.29 is 4.79 Å². The molecule has 0 radical (unpaired) electrons. The number of hydrogen-bond donors (Lipinski definition) is 1. The van der Waals surface area contributed by atoms with Crippen LogP contribution >= 0.6 is 23.2 Å². The minimum Gasteiger partial charge on any atom is -0.308 e. The molecule has 1 unspecified atom stereocenters. The molecule has 0 saturated heterocycles. The zero-order valence-electron chi connectivity index (χ0n) is 11.4. The first-order valence-electron chi connectivity index (χ1n) is 6.68. The van der Waals surface area contributed by atoms with Crippen molar-refractivity contribution in [2.24, 2.45) is 0 Å². The lowest BCUT2D eigenvalue weighted by molar-refractivity contribution is 0.257. The fourth-order valence-corrected chi connectivity index (χ4v) is 2.86. The van der Waals surface area contributed by atoms with Crippen molar-refractivity contribution >= 4 is 40.6 Å². The number of amides is 2. The van der Waals surface area contributed by atoms with Gasteiger partial charge >= 0.3 is 6.03 Å². The molecule has 0 saturated carbocycles. The Labute approximate surface area is 133 Å². The van der Waals surface area contributed by atoms with Crippen LogP contribution in [0.3, 0.4) is 0 Å². The topological polar surface area (TPSA) is 32.3 Å². The van der Waals surface area contributed by atoms with E-state index in [9.17, 15) is 4.79 Å². The minimum absolute atomic E-state index is 0.148. The van der Waals surface area contributed by atoms with Crippen molar-refractivity contribution in [3.63, 3.8) is 0 Å². The molecule has 2 aromatic rings. The molecule has 1 atom stereocenters. The van der Waals surface area contributed by atoms with Gasteiger partial charge in [-0.15, -0.1) is 0 Å². The summed E-state index contributed by atoms with van der Waals surface area (Å²) >= 11 is 11.9. The highest BCUT2D eigenvalue weighted by molar-refractivity contribution is 6.31. The van der Waals surface area contributed by atoms with Crippen molar-refractivity contribution in [3.8, 4) is 0 Å². The van der Waals surface area contributed by atoms with E-state index in [1.54, 1.807) is 35.2 Å². The Morgan fingerprint density at radius 2 is 1.81 bits per heavy atom. The number of carbonyl (C=O) groups is 1. The first kappa shape index (κ1) is 14.2. The number of urea groups is 1. The number of benzene rings is 2. The summed E-state index contributed by atoms with van der Waals surface area (Å²) in [5, 5.41) is 4.22. The van der Waals surface area contributed by atoms with E-state index in [-0.39, 0.29) is 11.9 Å². The second-order valence-electron chi connectivity index (χ2n) is 5.15. The minimum atomic E-state index is -0.148. The van der Waals surface area contributed by atoms with E-state index >= 15 is 0 Å². The lowest BCUT2D eigenvalue weighted by atomic mass is 10.0. The first-order valence-corrected chi connectivity index (χ1v) is 7.44. The number of fused-ring (bicyclic) bond motifs is 1. The summed E-state index contributed by atoms with van der Waals surface area (Å²) in [6.07, 6.45) is 0. The Morgan fingerprint density at radius 1 is 1.14 bits per heavy atom. The highest BCUT2D eigenvalue weighted by atomic mass is 35.5. The number of nitrogens with zero attached hydrogens (tertiary/aromatic N) is 1. The molecular weight excluding hydrogens is 307 g/mol. The summed E-state index contributed by atoms with van der Waals surface area (Å²) in [5.74, 6) is 0.273. The molecule has 1 N–H and O–H groups in total. The molecule has 0 aliphatic carbocycles. The molecule has 3 rings (SSSR count). The van der Waals surface area contributed by atoms with Crippen LogP contribution in [0.5, 0.6) is 0 Å². The molecule has 1 heterocycles. The zero-order chi connectivity index (χ0) is 15.0. The van der Waals surface area contributed by atoms with Gasteiger partial charge in [-0.05, 0) is 48.0 Å². The number of rotatable bonds is 1. The second-order valence-corrected chi connectivity index (χ2v) is 6.02. The number of halogens is 2. The fraction of sp³-hybridized carbons (Fsp3) is 0.188. The standard InChI is InChI=1S/C16H14Cl2N2O/c1-10-9-20(15-7-4-12(18)8-14(10)15)16(21)19-13-5-2-11(17)3-6-13/h2-8,10H,9H2,1H3,(H,19,21). The van der Waals surface area contributed by atoms with Gasteiger partial charge in [0, 0.05) is 33.9 Å². The maximum absolute atomic E-state index is 12.4. The molecule has 21 heavy (non-hydrogen) atoms. The molecular formula is C16H14Cl2N2O. The second kappa shape index (κ2) is 5.58. The van der Waals surface area contributed by atoms with E-state index in [1.165, 1.54) is 0 Å². The number of nitrogens with one attached hydrogen (secondary N) is 1. The number of carbonyl (C=O) groups excluding carboxylic acids is 1. The molecule has 2 amide bonds. The van der Waals surface area contributed by atoms with Crippen LogP contribution in [0.25, 0.3) is 0 Å². The summed E-state index contributed by atoms with van der Waals surface area (Å²) < 4.78 is 0. The summed E-state index contributed by atoms with van der Waals surface area (Å²) in [5.41, 5.74) is 2.74. The van der Waals surface area contributed by atoms with E-state index in [0.717, 1.165) is 16.9 Å². The maximum Gasteiger partial charge on any atom is 0.326 e. The van der Waals surface area contributed by atoms with Crippen molar-refractivity contribution in [3.05, 3.63) is 58.1 Å². The summed E-state index contributed by atoms with van der Waals surface area (Å²) in [6, 6.07) is 12.5. The van der Waals surface area contributed by atoms with Crippen LogP contribution in [0, 0.1) is 0 Å². The van der Waals surface area contributed by atoms with Crippen LogP contribution in [0.2, 0.25) is 10.0 Å². The Balaban J connectivity index is 1.82. The predicted molar refractivity (Wildman–Crippen MR) is 87.7 cm³/mol. The molecule has 5 heteroatoms. The van der Waals surface area contributed by atoms with E-state index in [2.05, 4.69) is 12.2 Å². The first-order chi connectivity index (χ1) is 10.0. The van der Waals surface area contributed by atoms with E-state index in [0.29, 0.717) is 16.6 Å². The quantitative estimate of drug-likeness (QED) is 0.774. The van der Waals surface area contributed by atoms with Crippen LogP contribution in [0.1, 0.15) is 18.4 Å². The predicted octanol–water partition coefficient (Wildman–Crippen LogP) is 5.15. The fourth-order valence-electron chi connectivity index (χ4n) is 2.55. The zero-order valence-corrected chi connectivity index (χ0v) is 12.9. The molecule has 0 spiro atoms. The van der Waals surface area contributed by atoms with Gasteiger partial charge in [0.15, 0.2) is 0 Å². The molecule has 1 aliphatic heterocycles. The average Bonchev–Trinajstić information content (AvgIpc) is 2.78. The average molecular weight is 321 g/mol. The van der Waals surface area contributed by atoms with Gasteiger partial charge in [-0.25, -0.2) is 4.79 Å². The third kappa shape index (κ3) is 2.85. The van der Waals surface area contributed by atoms with Crippen molar-refractivity contribution in [1.82, 2.24) is 0 Å². The SMILES string of the molecule is CC1CN(C(=O)Nc2ccc(Cl)cc2)c2ccc(Cl)cc21. The largest absolute Gasteiger partial charge is 0.326 e. The van der Waals surface area contributed by atoms with Gasteiger partial charge in [0.2, 0.25) is 0 Å². The van der Waals surface area contributed by atoms with Crippen LogP contribution < -0.4 is 10.2 Å². The molecule has 0 bridgehead atoms. The Kier molecular flexibility index (Phi) is 3.79.